The molecule has 1 aromatic rings. The molecule has 1 N–H and O–H groups in total. The van der Waals surface area contributed by atoms with E-state index in [2.05, 4.69) is 10.2 Å². The molecule has 4 heteroatoms. The van der Waals surface area contributed by atoms with Crippen molar-refractivity contribution in [1.29, 1.82) is 0 Å². The predicted octanol–water partition coefficient (Wildman–Crippen LogP) is 3.65. The Morgan fingerprint density at radius 1 is 1.30 bits per heavy atom. The minimum atomic E-state index is -0.152. The van der Waals surface area contributed by atoms with E-state index in [1.54, 1.807) is 13.2 Å². The fraction of sp³-hybridized carbons (Fsp3) is 0.625. The number of rotatable bonds is 6. The van der Waals surface area contributed by atoms with Crippen LogP contribution >= 0.6 is 0 Å². The maximum absolute atomic E-state index is 14.1. The Kier molecular flexibility index (Phi) is 4.86. The smallest absolute Gasteiger partial charge is 0.148 e. The Morgan fingerprint density at radius 2 is 2.00 bits per heavy atom. The van der Waals surface area contributed by atoms with E-state index in [9.17, 15) is 4.39 Å². The van der Waals surface area contributed by atoms with Gasteiger partial charge in [-0.05, 0) is 51.3 Å². The van der Waals surface area contributed by atoms with Gasteiger partial charge in [0.2, 0.25) is 0 Å². The number of hydrogen-bond donors (Lipinski definition) is 1. The molecule has 20 heavy (non-hydrogen) atoms. The van der Waals surface area contributed by atoms with Crippen LogP contribution in [0.2, 0.25) is 0 Å². The Balaban J connectivity index is 1.92. The lowest BCUT2D eigenvalue weighted by atomic mass is 10.1. The molecule has 0 bridgehead atoms. The zero-order chi connectivity index (χ0) is 14.6. The minimum absolute atomic E-state index is 0.136. The van der Waals surface area contributed by atoms with Crippen molar-refractivity contribution in [3.63, 3.8) is 0 Å². The first kappa shape index (κ1) is 15.1. The zero-order valence-electron chi connectivity index (χ0n) is 12.7. The van der Waals surface area contributed by atoms with Crippen LogP contribution in [0.1, 0.15) is 33.1 Å². The first-order valence-electron chi connectivity index (χ1n) is 7.35. The maximum Gasteiger partial charge on any atom is 0.148 e. The molecular formula is C16H25FN2O. The van der Waals surface area contributed by atoms with E-state index >= 15 is 0 Å². The van der Waals surface area contributed by atoms with Gasteiger partial charge in [0, 0.05) is 32.4 Å². The molecule has 0 spiro atoms. The molecule has 2 rings (SSSR count). The van der Waals surface area contributed by atoms with Gasteiger partial charge in [-0.1, -0.05) is 0 Å². The van der Waals surface area contributed by atoms with Crippen molar-refractivity contribution in [3.8, 4) is 0 Å². The summed E-state index contributed by atoms with van der Waals surface area (Å²) < 4.78 is 19.5. The summed E-state index contributed by atoms with van der Waals surface area (Å²) in [5.74, 6) is -0.136. The highest BCUT2D eigenvalue weighted by Crippen LogP contribution is 2.26. The normalized spacial score (nSPS) is 15.7. The van der Waals surface area contributed by atoms with Crippen molar-refractivity contribution in [2.45, 2.75) is 38.7 Å². The van der Waals surface area contributed by atoms with Gasteiger partial charge in [-0.3, -0.25) is 0 Å². The van der Waals surface area contributed by atoms with E-state index in [1.165, 1.54) is 0 Å². The summed E-state index contributed by atoms with van der Waals surface area (Å²) in [4.78, 5) is 2.12. The molecule has 0 radical (unpaired) electrons. The summed E-state index contributed by atoms with van der Waals surface area (Å²) in [6, 6.07) is 5.43. The lowest BCUT2D eigenvalue weighted by molar-refractivity contribution is 0.0185. The van der Waals surface area contributed by atoms with Crippen LogP contribution in [0.5, 0.6) is 0 Å². The molecule has 3 nitrogen and oxygen atoms in total. The molecule has 0 aliphatic carbocycles. The highest BCUT2D eigenvalue weighted by molar-refractivity contribution is 5.56. The Labute approximate surface area is 121 Å². The summed E-state index contributed by atoms with van der Waals surface area (Å²) in [6.07, 6.45) is 3.19. The van der Waals surface area contributed by atoms with Gasteiger partial charge in [0.05, 0.1) is 11.3 Å². The van der Waals surface area contributed by atoms with Gasteiger partial charge in [-0.15, -0.1) is 0 Å². The molecule has 0 saturated carbocycles. The summed E-state index contributed by atoms with van der Waals surface area (Å²) in [5, 5.41) is 3.26. The van der Waals surface area contributed by atoms with Crippen molar-refractivity contribution < 1.29 is 9.13 Å². The van der Waals surface area contributed by atoms with Crippen LogP contribution < -0.4 is 10.2 Å². The molecule has 1 aromatic carbocycles. The molecule has 0 amide bonds. The summed E-state index contributed by atoms with van der Waals surface area (Å²) in [7, 11) is 1.71. The number of benzene rings is 1. The van der Waals surface area contributed by atoms with Gasteiger partial charge < -0.3 is 15.0 Å². The minimum Gasteiger partial charge on any atom is -0.385 e. The molecule has 1 heterocycles. The van der Waals surface area contributed by atoms with Crippen LogP contribution in [0.15, 0.2) is 18.2 Å². The number of hydrogen-bond acceptors (Lipinski definition) is 3. The quantitative estimate of drug-likeness (QED) is 0.860. The molecular weight excluding hydrogens is 255 g/mol. The van der Waals surface area contributed by atoms with E-state index in [-0.39, 0.29) is 11.4 Å². The maximum atomic E-state index is 14.1. The third-order valence-electron chi connectivity index (χ3n) is 4.00. The number of methoxy groups -OCH3 is 1. The van der Waals surface area contributed by atoms with Crippen LogP contribution in [0.3, 0.4) is 0 Å². The highest BCUT2D eigenvalue weighted by atomic mass is 19.1. The summed E-state index contributed by atoms with van der Waals surface area (Å²) in [5.41, 5.74) is 1.41. The fourth-order valence-corrected chi connectivity index (χ4v) is 2.44. The number of halogens is 1. The number of nitrogens with one attached hydrogen (secondary N) is 1. The number of anilines is 2. The van der Waals surface area contributed by atoms with Gasteiger partial charge in [0.15, 0.2) is 0 Å². The van der Waals surface area contributed by atoms with E-state index in [0.29, 0.717) is 0 Å². The first-order valence-corrected chi connectivity index (χ1v) is 7.35. The molecule has 1 aliphatic heterocycles. The summed E-state index contributed by atoms with van der Waals surface area (Å²) >= 11 is 0. The summed E-state index contributed by atoms with van der Waals surface area (Å²) in [6.45, 7) is 6.79. The lowest BCUT2D eigenvalue weighted by Crippen LogP contribution is -2.25. The highest BCUT2D eigenvalue weighted by Gasteiger charge is 2.17. The van der Waals surface area contributed by atoms with E-state index in [0.717, 1.165) is 50.3 Å². The topological polar surface area (TPSA) is 24.5 Å². The van der Waals surface area contributed by atoms with E-state index < -0.39 is 0 Å². The van der Waals surface area contributed by atoms with Crippen molar-refractivity contribution in [3.05, 3.63) is 24.0 Å². The standard InChI is InChI=1S/C16H25FN2O/c1-16(2,20-3)8-9-18-13-6-7-15(14(17)12-13)19-10-4-5-11-19/h6-7,12,18H,4-5,8-11H2,1-3H3. The average Bonchev–Trinajstić information content (AvgIpc) is 2.92. The molecule has 1 aliphatic rings. The van der Waals surface area contributed by atoms with Crippen LogP contribution in [-0.2, 0) is 4.74 Å². The SMILES string of the molecule is COC(C)(C)CCNc1ccc(N2CCCC2)c(F)c1. The van der Waals surface area contributed by atoms with Gasteiger partial charge in [-0.2, -0.15) is 0 Å². The fourth-order valence-electron chi connectivity index (χ4n) is 2.44. The second-order valence-electron chi connectivity index (χ2n) is 6.00. The number of ether oxygens (including phenoxy) is 1. The number of nitrogens with zero attached hydrogens (tertiary/aromatic N) is 1. The molecule has 0 unspecified atom stereocenters. The van der Waals surface area contributed by atoms with Gasteiger partial charge in [0.25, 0.3) is 0 Å². The zero-order valence-corrected chi connectivity index (χ0v) is 12.7. The molecule has 1 fully saturated rings. The van der Waals surface area contributed by atoms with Crippen LogP contribution in [0, 0.1) is 5.82 Å². The Morgan fingerprint density at radius 3 is 2.60 bits per heavy atom. The monoisotopic (exact) mass is 280 g/mol. The third kappa shape index (κ3) is 3.85. The molecule has 0 aromatic heterocycles. The average molecular weight is 280 g/mol. The van der Waals surface area contributed by atoms with Crippen molar-refractivity contribution >= 4 is 11.4 Å². The van der Waals surface area contributed by atoms with Crippen molar-refractivity contribution in [2.24, 2.45) is 0 Å². The Bertz CT molecular complexity index is 442. The predicted molar refractivity (Wildman–Crippen MR) is 82.0 cm³/mol. The van der Waals surface area contributed by atoms with Crippen LogP contribution in [0.4, 0.5) is 15.8 Å². The van der Waals surface area contributed by atoms with Crippen molar-refractivity contribution in [2.75, 3.05) is 37.0 Å². The second kappa shape index (κ2) is 6.44. The van der Waals surface area contributed by atoms with Gasteiger partial charge >= 0.3 is 0 Å². The van der Waals surface area contributed by atoms with Crippen LogP contribution in [0.25, 0.3) is 0 Å². The lowest BCUT2D eigenvalue weighted by Gasteiger charge is -2.23. The first-order chi connectivity index (χ1) is 9.52. The van der Waals surface area contributed by atoms with E-state index in [4.69, 9.17) is 4.74 Å². The van der Waals surface area contributed by atoms with Gasteiger partial charge in [0.1, 0.15) is 5.82 Å². The van der Waals surface area contributed by atoms with Crippen LogP contribution in [-0.4, -0.2) is 32.3 Å². The third-order valence-corrected chi connectivity index (χ3v) is 4.00. The van der Waals surface area contributed by atoms with Crippen molar-refractivity contribution in [1.82, 2.24) is 0 Å². The largest absolute Gasteiger partial charge is 0.385 e. The molecule has 112 valence electrons. The van der Waals surface area contributed by atoms with E-state index in [1.807, 2.05) is 26.0 Å². The van der Waals surface area contributed by atoms with Gasteiger partial charge in [-0.25, -0.2) is 4.39 Å². The second-order valence-corrected chi connectivity index (χ2v) is 6.00. The molecule has 0 atom stereocenters. The molecule has 1 saturated heterocycles. The Hall–Kier alpha value is -1.29.